The van der Waals surface area contributed by atoms with E-state index < -0.39 is 5.60 Å². The lowest BCUT2D eigenvalue weighted by molar-refractivity contribution is 0.0736. The molecule has 140 valence electrons. The van der Waals surface area contributed by atoms with Crippen LogP contribution in [0.2, 0.25) is 0 Å². The molecule has 1 atom stereocenters. The lowest BCUT2D eigenvalue weighted by Crippen LogP contribution is -2.44. The van der Waals surface area contributed by atoms with Gasteiger partial charge in [0.05, 0.1) is 24.9 Å². The van der Waals surface area contributed by atoms with Gasteiger partial charge in [-0.25, -0.2) is 9.97 Å². The van der Waals surface area contributed by atoms with Crippen molar-refractivity contribution in [3.05, 3.63) is 35.5 Å². The van der Waals surface area contributed by atoms with Crippen LogP contribution in [0.3, 0.4) is 0 Å². The molecule has 26 heavy (non-hydrogen) atoms. The molecule has 6 heteroatoms. The third-order valence-corrected chi connectivity index (χ3v) is 5.16. The van der Waals surface area contributed by atoms with Crippen LogP contribution in [0.1, 0.15) is 39.0 Å². The number of ether oxygens (including phenoxy) is 1. The van der Waals surface area contributed by atoms with Crippen LogP contribution in [-0.2, 0) is 16.8 Å². The Hall–Kier alpha value is -1.63. The summed E-state index contributed by atoms with van der Waals surface area (Å²) >= 11 is 4.52. The molecule has 1 N–H and O–H groups in total. The molecular weight excluding hydrogens is 346 g/mol. The molecule has 1 aromatic heterocycles. The maximum Gasteiger partial charge on any atom is 0.161 e. The summed E-state index contributed by atoms with van der Waals surface area (Å²) in [7, 11) is 0. The molecule has 1 aliphatic heterocycles. The minimum absolute atomic E-state index is 0.229. The van der Waals surface area contributed by atoms with E-state index in [4.69, 9.17) is 9.72 Å². The van der Waals surface area contributed by atoms with E-state index in [1.54, 1.807) is 13.8 Å². The highest BCUT2D eigenvalue weighted by atomic mass is 32.1. The Morgan fingerprint density at radius 2 is 2.08 bits per heavy atom. The van der Waals surface area contributed by atoms with Gasteiger partial charge >= 0.3 is 0 Å². The molecule has 2 heterocycles. The Balaban J connectivity index is 2.11. The number of anilines is 1. The fourth-order valence-corrected chi connectivity index (χ4v) is 3.40. The Labute approximate surface area is 160 Å². The largest absolute Gasteiger partial charge is 0.384 e. The highest BCUT2D eigenvalue weighted by Gasteiger charge is 2.25. The first-order valence-electron chi connectivity index (χ1n) is 9.08. The van der Waals surface area contributed by atoms with Crippen molar-refractivity contribution in [3.8, 4) is 11.4 Å². The van der Waals surface area contributed by atoms with Crippen LogP contribution in [0.25, 0.3) is 11.4 Å². The summed E-state index contributed by atoms with van der Waals surface area (Å²) in [5.74, 6) is 1.46. The molecule has 0 amide bonds. The van der Waals surface area contributed by atoms with E-state index in [0.717, 1.165) is 34.8 Å². The fraction of sp³-hybridized carbons (Fsp3) is 0.500. The van der Waals surface area contributed by atoms with E-state index in [1.807, 2.05) is 18.2 Å². The molecule has 1 aliphatic rings. The van der Waals surface area contributed by atoms with Crippen molar-refractivity contribution in [3.63, 3.8) is 0 Å². The number of hydrogen-bond donors (Lipinski definition) is 2. The second-order valence-corrected chi connectivity index (χ2v) is 7.79. The number of aliphatic hydroxyl groups is 1. The Morgan fingerprint density at radius 3 is 2.73 bits per heavy atom. The van der Waals surface area contributed by atoms with E-state index in [1.165, 1.54) is 0 Å². The van der Waals surface area contributed by atoms with Gasteiger partial charge in [0.15, 0.2) is 5.82 Å². The number of nitrogens with zero attached hydrogens (tertiary/aromatic N) is 3. The summed E-state index contributed by atoms with van der Waals surface area (Å²) in [6.07, 6.45) is 0.894. The van der Waals surface area contributed by atoms with E-state index in [9.17, 15) is 5.11 Å². The first-order valence-corrected chi connectivity index (χ1v) is 9.53. The van der Waals surface area contributed by atoms with E-state index in [-0.39, 0.29) is 6.04 Å². The van der Waals surface area contributed by atoms with Crippen LogP contribution in [-0.4, -0.2) is 40.9 Å². The molecule has 0 radical (unpaired) electrons. The van der Waals surface area contributed by atoms with Crippen LogP contribution < -0.4 is 4.90 Å². The standard InChI is InChI=1S/C20H27N3O2S/c1-5-14-10-15(6-7-16(14)26)19-21-17(20(3,4)24)11-18(22-19)23-8-9-25-12-13(23)2/h6-7,10-11,13,24,26H,5,8-9,12H2,1-4H3/t13-/m0/s1. The first-order chi connectivity index (χ1) is 12.3. The number of hydrogen-bond acceptors (Lipinski definition) is 6. The minimum atomic E-state index is -1.04. The lowest BCUT2D eigenvalue weighted by Gasteiger charge is -2.35. The lowest BCUT2D eigenvalue weighted by atomic mass is 10.0. The van der Waals surface area contributed by atoms with Crippen molar-refractivity contribution < 1.29 is 9.84 Å². The average Bonchev–Trinajstić information content (AvgIpc) is 2.61. The highest BCUT2D eigenvalue weighted by molar-refractivity contribution is 7.80. The molecule has 0 saturated carbocycles. The van der Waals surface area contributed by atoms with Crippen molar-refractivity contribution in [2.24, 2.45) is 0 Å². The number of aromatic nitrogens is 2. The zero-order chi connectivity index (χ0) is 18.9. The van der Waals surface area contributed by atoms with Gasteiger partial charge in [0.2, 0.25) is 0 Å². The minimum Gasteiger partial charge on any atom is -0.384 e. The van der Waals surface area contributed by atoms with Crippen molar-refractivity contribution in [1.29, 1.82) is 0 Å². The fourth-order valence-electron chi connectivity index (χ4n) is 3.10. The molecule has 3 rings (SSSR count). The molecule has 0 spiro atoms. The van der Waals surface area contributed by atoms with Crippen LogP contribution in [0.15, 0.2) is 29.2 Å². The van der Waals surface area contributed by atoms with Gasteiger partial charge in [-0.3, -0.25) is 0 Å². The van der Waals surface area contributed by atoms with Crippen molar-refractivity contribution in [1.82, 2.24) is 9.97 Å². The first kappa shape index (κ1) is 19.1. The second kappa shape index (κ2) is 7.55. The van der Waals surface area contributed by atoms with Crippen LogP contribution >= 0.6 is 12.6 Å². The summed E-state index contributed by atoms with van der Waals surface area (Å²) in [4.78, 5) is 12.7. The van der Waals surface area contributed by atoms with Gasteiger partial charge in [-0.15, -0.1) is 12.6 Å². The highest BCUT2D eigenvalue weighted by Crippen LogP contribution is 2.29. The number of morpholine rings is 1. The smallest absolute Gasteiger partial charge is 0.161 e. The summed E-state index contributed by atoms with van der Waals surface area (Å²) in [6, 6.07) is 8.16. The number of thiol groups is 1. The average molecular weight is 374 g/mol. The number of benzene rings is 1. The zero-order valence-corrected chi connectivity index (χ0v) is 16.8. The van der Waals surface area contributed by atoms with Crippen LogP contribution in [0, 0.1) is 0 Å². The number of rotatable bonds is 4. The molecule has 5 nitrogen and oxygen atoms in total. The van der Waals surface area contributed by atoms with Crippen molar-refractivity contribution in [2.75, 3.05) is 24.7 Å². The Morgan fingerprint density at radius 1 is 1.31 bits per heavy atom. The SMILES string of the molecule is CCc1cc(-c2nc(N3CCOC[C@@H]3C)cc(C(C)(C)O)n2)ccc1S. The molecule has 2 aromatic rings. The van der Waals surface area contributed by atoms with Gasteiger partial charge in [-0.2, -0.15) is 0 Å². The molecule has 1 fully saturated rings. The van der Waals surface area contributed by atoms with Gasteiger partial charge in [-0.1, -0.05) is 13.0 Å². The summed E-state index contributed by atoms with van der Waals surface area (Å²) in [5, 5.41) is 10.5. The molecular formula is C20H27N3O2S. The maximum absolute atomic E-state index is 10.5. The van der Waals surface area contributed by atoms with Gasteiger partial charge in [0, 0.05) is 23.1 Å². The third kappa shape index (κ3) is 4.03. The van der Waals surface area contributed by atoms with Gasteiger partial charge in [0.25, 0.3) is 0 Å². The number of aryl methyl sites for hydroxylation is 1. The zero-order valence-electron chi connectivity index (χ0n) is 15.9. The van der Waals surface area contributed by atoms with Crippen molar-refractivity contribution >= 4 is 18.4 Å². The van der Waals surface area contributed by atoms with Gasteiger partial charge in [0.1, 0.15) is 11.4 Å². The molecule has 0 unspecified atom stereocenters. The van der Waals surface area contributed by atoms with E-state index in [0.29, 0.717) is 24.7 Å². The van der Waals surface area contributed by atoms with Gasteiger partial charge in [-0.05, 0) is 44.9 Å². The third-order valence-electron chi connectivity index (χ3n) is 4.72. The second-order valence-electron chi connectivity index (χ2n) is 7.31. The molecule has 1 aromatic carbocycles. The Kier molecular flexibility index (Phi) is 5.55. The maximum atomic E-state index is 10.5. The Bertz CT molecular complexity index is 789. The van der Waals surface area contributed by atoms with Crippen LogP contribution in [0.5, 0.6) is 0 Å². The quantitative estimate of drug-likeness (QED) is 0.804. The summed E-state index contributed by atoms with van der Waals surface area (Å²) < 4.78 is 5.55. The van der Waals surface area contributed by atoms with E-state index in [2.05, 4.69) is 42.4 Å². The predicted octanol–water partition coefficient (Wildman–Crippen LogP) is 3.45. The topological polar surface area (TPSA) is 58.5 Å². The van der Waals surface area contributed by atoms with Crippen LogP contribution in [0.4, 0.5) is 5.82 Å². The molecule has 1 saturated heterocycles. The monoisotopic (exact) mass is 373 g/mol. The molecule has 0 bridgehead atoms. The predicted molar refractivity (Wildman–Crippen MR) is 107 cm³/mol. The summed E-state index contributed by atoms with van der Waals surface area (Å²) in [6.45, 7) is 9.85. The van der Waals surface area contributed by atoms with Crippen molar-refractivity contribution in [2.45, 2.75) is 50.7 Å². The van der Waals surface area contributed by atoms with E-state index >= 15 is 0 Å². The summed E-state index contributed by atoms with van der Waals surface area (Å²) in [5.41, 5.74) is 1.67. The normalized spacial score (nSPS) is 18.2. The van der Waals surface area contributed by atoms with Gasteiger partial charge < -0.3 is 14.7 Å². The molecule has 0 aliphatic carbocycles.